The van der Waals surface area contributed by atoms with Crippen LogP contribution in [0, 0.1) is 4.77 Å². The van der Waals surface area contributed by atoms with Gasteiger partial charge in [0, 0.05) is 5.56 Å². The van der Waals surface area contributed by atoms with Gasteiger partial charge in [0.25, 0.3) is 0 Å². The molecule has 0 aliphatic rings. The summed E-state index contributed by atoms with van der Waals surface area (Å²) in [6.07, 6.45) is 1.64. The van der Waals surface area contributed by atoms with Crippen molar-refractivity contribution in [3.8, 4) is 5.75 Å². The number of aromatic amines is 2. The third-order valence-electron chi connectivity index (χ3n) is 2.01. The zero-order valence-electron chi connectivity index (χ0n) is 9.10. The Labute approximate surface area is 103 Å². The van der Waals surface area contributed by atoms with Crippen molar-refractivity contribution in [1.29, 1.82) is 0 Å². The van der Waals surface area contributed by atoms with Crippen molar-refractivity contribution >= 4 is 24.4 Å². The maximum atomic E-state index is 5.19. The summed E-state index contributed by atoms with van der Waals surface area (Å²) in [6, 6.07) is 7.57. The summed E-state index contributed by atoms with van der Waals surface area (Å²) >= 11 is 4.81. The zero-order chi connectivity index (χ0) is 12.1. The lowest BCUT2D eigenvalue weighted by molar-refractivity contribution is 0.414. The molecule has 17 heavy (non-hydrogen) atoms. The number of hydrazone groups is 1. The van der Waals surface area contributed by atoms with E-state index in [1.165, 1.54) is 0 Å². The first-order chi connectivity index (χ1) is 8.29. The van der Waals surface area contributed by atoms with Crippen LogP contribution in [0.4, 0.5) is 5.95 Å². The Bertz CT molecular complexity index is 574. The van der Waals surface area contributed by atoms with E-state index >= 15 is 0 Å². The molecular formula is C10H11N5OS. The quantitative estimate of drug-likeness (QED) is 0.439. The van der Waals surface area contributed by atoms with Gasteiger partial charge in [-0.1, -0.05) is 12.1 Å². The lowest BCUT2D eigenvalue weighted by atomic mass is 10.2. The number of para-hydroxylation sites is 1. The molecule has 1 aromatic heterocycles. The number of nitrogens with zero attached hydrogens (tertiary/aromatic N) is 2. The highest BCUT2D eigenvalue weighted by atomic mass is 32.1. The van der Waals surface area contributed by atoms with Crippen molar-refractivity contribution in [1.82, 2.24) is 15.2 Å². The highest BCUT2D eigenvalue weighted by Crippen LogP contribution is 2.14. The van der Waals surface area contributed by atoms with Crippen molar-refractivity contribution < 1.29 is 4.74 Å². The minimum atomic E-state index is 0.375. The van der Waals surface area contributed by atoms with Gasteiger partial charge in [0.15, 0.2) is 0 Å². The molecule has 1 heterocycles. The molecule has 0 saturated carbocycles. The minimum absolute atomic E-state index is 0.375. The van der Waals surface area contributed by atoms with Gasteiger partial charge in [-0.15, -0.1) is 0 Å². The van der Waals surface area contributed by atoms with Crippen molar-refractivity contribution in [3.05, 3.63) is 34.6 Å². The van der Waals surface area contributed by atoms with Crippen LogP contribution in [0.1, 0.15) is 5.56 Å². The third-order valence-corrected chi connectivity index (χ3v) is 2.21. The average Bonchev–Trinajstić information content (AvgIpc) is 2.76. The fourth-order valence-electron chi connectivity index (χ4n) is 1.26. The number of anilines is 1. The van der Waals surface area contributed by atoms with Gasteiger partial charge in [-0.3, -0.25) is 10.2 Å². The van der Waals surface area contributed by atoms with Crippen LogP contribution >= 0.6 is 12.2 Å². The lowest BCUT2D eigenvalue weighted by Crippen LogP contribution is -1.94. The number of aromatic nitrogens is 3. The Morgan fingerprint density at radius 3 is 2.94 bits per heavy atom. The highest BCUT2D eigenvalue weighted by molar-refractivity contribution is 7.71. The number of benzene rings is 1. The number of rotatable bonds is 4. The summed E-state index contributed by atoms with van der Waals surface area (Å²) in [4.78, 5) is 3.93. The number of hydrogen-bond donors (Lipinski definition) is 3. The van der Waals surface area contributed by atoms with E-state index < -0.39 is 0 Å². The van der Waals surface area contributed by atoms with E-state index in [4.69, 9.17) is 17.0 Å². The third kappa shape index (κ3) is 2.91. The maximum absolute atomic E-state index is 5.19. The second-order valence-corrected chi connectivity index (χ2v) is 3.51. The van der Waals surface area contributed by atoms with Gasteiger partial charge in [-0.05, 0) is 24.4 Å². The Morgan fingerprint density at radius 2 is 2.24 bits per heavy atom. The molecule has 7 heteroatoms. The second kappa shape index (κ2) is 5.26. The molecule has 0 bridgehead atoms. The summed E-state index contributed by atoms with van der Waals surface area (Å²) in [7, 11) is 1.62. The molecule has 0 amide bonds. The minimum Gasteiger partial charge on any atom is -0.496 e. The Morgan fingerprint density at radius 1 is 1.41 bits per heavy atom. The topological polar surface area (TPSA) is 78.1 Å². The van der Waals surface area contributed by atoms with Crippen molar-refractivity contribution in [3.63, 3.8) is 0 Å². The van der Waals surface area contributed by atoms with E-state index in [0.29, 0.717) is 10.7 Å². The molecule has 0 unspecified atom stereocenters. The normalized spacial score (nSPS) is 10.6. The molecule has 0 aliphatic heterocycles. The summed E-state index contributed by atoms with van der Waals surface area (Å²) in [5, 5.41) is 9.40. The molecule has 3 N–H and O–H groups in total. The van der Waals surface area contributed by atoms with Crippen molar-refractivity contribution in [2.75, 3.05) is 12.5 Å². The van der Waals surface area contributed by atoms with E-state index in [-0.39, 0.29) is 0 Å². The summed E-state index contributed by atoms with van der Waals surface area (Å²) in [5.41, 5.74) is 3.59. The standard InChI is InChI=1S/C10H11N5OS/c1-16-8-5-3-2-4-7(8)6-11-13-9-12-10(17)15-14-9/h2-6H,1H3,(H3,12,13,14,15,17)/b11-6+. The molecule has 0 spiro atoms. The first-order valence-corrected chi connectivity index (χ1v) is 5.27. The average molecular weight is 249 g/mol. The van der Waals surface area contributed by atoms with Crippen molar-refractivity contribution in [2.45, 2.75) is 0 Å². The number of hydrogen-bond acceptors (Lipinski definition) is 5. The first kappa shape index (κ1) is 11.3. The van der Waals surface area contributed by atoms with E-state index in [2.05, 4.69) is 25.7 Å². The van der Waals surface area contributed by atoms with Gasteiger partial charge >= 0.3 is 0 Å². The van der Waals surface area contributed by atoms with Crippen LogP contribution in [0.2, 0.25) is 0 Å². The van der Waals surface area contributed by atoms with Gasteiger partial charge in [-0.25, -0.2) is 5.43 Å². The predicted molar refractivity (Wildman–Crippen MR) is 68.0 cm³/mol. The molecule has 6 nitrogen and oxygen atoms in total. The molecule has 0 fully saturated rings. The largest absolute Gasteiger partial charge is 0.496 e. The zero-order valence-corrected chi connectivity index (χ0v) is 9.91. The van der Waals surface area contributed by atoms with Crippen LogP contribution in [0.5, 0.6) is 5.75 Å². The molecule has 0 radical (unpaired) electrons. The van der Waals surface area contributed by atoms with Crippen LogP contribution < -0.4 is 10.2 Å². The summed E-state index contributed by atoms with van der Waals surface area (Å²) in [5.74, 6) is 1.22. The maximum Gasteiger partial charge on any atom is 0.238 e. The smallest absolute Gasteiger partial charge is 0.238 e. The van der Waals surface area contributed by atoms with E-state index in [1.807, 2.05) is 24.3 Å². The SMILES string of the molecule is COc1ccccc1/C=N/Nc1nc(=S)[nH][nH]1. The van der Waals surface area contributed by atoms with Crippen molar-refractivity contribution in [2.24, 2.45) is 5.10 Å². The van der Waals surface area contributed by atoms with Crippen LogP contribution in [0.25, 0.3) is 0 Å². The van der Waals surface area contributed by atoms with Gasteiger partial charge in [0.05, 0.1) is 13.3 Å². The van der Waals surface area contributed by atoms with Gasteiger partial charge in [0.1, 0.15) is 5.75 Å². The molecule has 1 aromatic carbocycles. The monoisotopic (exact) mass is 249 g/mol. The Hall–Kier alpha value is -2.15. The molecular weight excluding hydrogens is 238 g/mol. The fourth-order valence-corrected chi connectivity index (χ4v) is 1.40. The van der Waals surface area contributed by atoms with Crippen LogP contribution in [-0.2, 0) is 0 Å². The number of H-pyrrole nitrogens is 2. The lowest BCUT2D eigenvalue weighted by Gasteiger charge is -2.02. The highest BCUT2D eigenvalue weighted by Gasteiger charge is 1.97. The number of nitrogens with one attached hydrogen (secondary N) is 3. The molecule has 2 aromatic rings. The van der Waals surface area contributed by atoms with Gasteiger partial charge in [0.2, 0.25) is 10.7 Å². The van der Waals surface area contributed by atoms with Gasteiger partial charge in [-0.2, -0.15) is 10.1 Å². The Balaban J connectivity index is 2.07. The molecule has 0 saturated heterocycles. The fraction of sp³-hybridized carbons (Fsp3) is 0.100. The second-order valence-electron chi connectivity index (χ2n) is 3.13. The number of methoxy groups -OCH3 is 1. The molecule has 88 valence electrons. The summed E-state index contributed by atoms with van der Waals surface area (Å²) in [6.45, 7) is 0. The predicted octanol–water partition coefficient (Wildman–Crippen LogP) is 1.92. The van der Waals surface area contributed by atoms with Gasteiger partial charge < -0.3 is 4.74 Å². The summed E-state index contributed by atoms with van der Waals surface area (Å²) < 4.78 is 5.56. The van der Waals surface area contributed by atoms with E-state index in [9.17, 15) is 0 Å². The first-order valence-electron chi connectivity index (χ1n) is 4.86. The van der Waals surface area contributed by atoms with Crippen LogP contribution in [-0.4, -0.2) is 28.5 Å². The number of ether oxygens (including phenoxy) is 1. The van der Waals surface area contributed by atoms with Crippen LogP contribution in [0.3, 0.4) is 0 Å². The Kier molecular flexibility index (Phi) is 3.51. The van der Waals surface area contributed by atoms with E-state index in [0.717, 1.165) is 11.3 Å². The van der Waals surface area contributed by atoms with Crippen LogP contribution in [0.15, 0.2) is 29.4 Å². The molecule has 0 aliphatic carbocycles. The molecule has 2 rings (SSSR count). The van der Waals surface area contributed by atoms with E-state index in [1.54, 1.807) is 13.3 Å². The molecule has 0 atom stereocenters.